The van der Waals surface area contributed by atoms with Crippen LogP contribution in [-0.4, -0.2) is 28.4 Å². The lowest BCUT2D eigenvalue weighted by molar-refractivity contribution is 0.0664. The van der Waals surface area contributed by atoms with E-state index in [9.17, 15) is 9.59 Å². The summed E-state index contributed by atoms with van der Waals surface area (Å²) in [5.74, 6) is -0.658. The van der Waals surface area contributed by atoms with Crippen molar-refractivity contribution in [3.8, 4) is 0 Å². The van der Waals surface area contributed by atoms with Gasteiger partial charge in [-0.3, -0.25) is 19.5 Å². The second-order valence-corrected chi connectivity index (χ2v) is 4.82. The number of benzene rings is 1. The first-order valence-corrected chi connectivity index (χ1v) is 6.84. The lowest BCUT2D eigenvalue weighted by Crippen LogP contribution is -2.34. The summed E-state index contributed by atoms with van der Waals surface area (Å²) < 4.78 is 0. The van der Waals surface area contributed by atoms with E-state index >= 15 is 0 Å². The van der Waals surface area contributed by atoms with E-state index in [0.717, 1.165) is 12.1 Å². The smallest absolute Gasteiger partial charge is 0.281 e. The van der Waals surface area contributed by atoms with Crippen molar-refractivity contribution in [2.24, 2.45) is 0 Å². The molecule has 1 N–H and O–H groups in total. The van der Waals surface area contributed by atoms with Gasteiger partial charge in [-0.1, -0.05) is 19.1 Å². The van der Waals surface area contributed by atoms with Crippen molar-refractivity contribution >= 4 is 17.5 Å². The van der Waals surface area contributed by atoms with Gasteiger partial charge in [0, 0.05) is 11.9 Å². The van der Waals surface area contributed by atoms with Gasteiger partial charge in [0.25, 0.3) is 11.8 Å². The van der Waals surface area contributed by atoms with Gasteiger partial charge in [-0.2, -0.15) is 0 Å². The number of anilines is 1. The van der Waals surface area contributed by atoms with Crippen LogP contribution in [0.4, 0.5) is 5.69 Å². The van der Waals surface area contributed by atoms with Crippen LogP contribution in [0.15, 0.2) is 42.6 Å². The van der Waals surface area contributed by atoms with Crippen LogP contribution >= 0.6 is 0 Å². The van der Waals surface area contributed by atoms with Crippen molar-refractivity contribution in [3.63, 3.8) is 0 Å². The van der Waals surface area contributed by atoms with Gasteiger partial charge < -0.3 is 5.32 Å². The predicted octanol–water partition coefficient (Wildman–Crippen LogP) is 2.31. The summed E-state index contributed by atoms with van der Waals surface area (Å²) in [7, 11) is 0. The Hall–Kier alpha value is -2.69. The summed E-state index contributed by atoms with van der Waals surface area (Å²) >= 11 is 0. The number of imide groups is 1. The third kappa shape index (κ3) is 2.38. The number of fused-ring (bicyclic) bond motifs is 1. The molecule has 0 spiro atoms. The van der Waals surface area contributed by atoms with E-state index in [2.05, 4.69) is 17.2 Å². The number of rotatable bonds is 4. The predicted molar refractivity (Wildman–Crippen MR) is 79.0 cm³/mol. The highest BCUT2D eigenvalue weighted by molar-refractivity contribution is 6.20. The third-order valence-corrected chi connectivity index (χ3v) is 3.53. The van der Waals surface area contributed by atoms with E-state index < -0.39 is 0 Å². The van der Waals surface area contributed by atoms with Crippen LogP contribution in [0.5, 0.6) is 0 Å². The lowest BCUT2D eigenvalue weighted by Gasteiger charge is -2.15. The molecule has 21 heavy (non-hydrogen) atoms. The second kappa shape index (κ2) is 5.36. The Labute approximate surface area is 122 Å². The first kappa shape index (κ1) is 13.3. The zero-order valence-corrected chi connectivity index (χ0v) is 11.7. The van der Waals surface area contributed by atoms with Gasteiger partial charge in [0.05, 0.1) is 12.2 Å². The molecule has 0 aliphatic carbocycles. The molecule has 0 atom stereocenters. The Morgan fingerprint density at radius 1 is 1.10 bits per heavy atom. The number of carbonyl (C=O) groups excluding carboxylic acids is 2. The van der Waals surface area contributed by atoms with Gasteiger partial charge in [-0.15, -0.1) is 0 Å². The molecule has 106 valence electrons. The summed E-state index contributed by atoms with van der Waals surface area (Å²) in [4.78, 5) is 29.4. The Bertz CT molecular complexity index is 660. The summed E-state index contributed by atoms with van der Waals surface area (Å²) in [6.07, 6.45) is 2.49. The van der Waals surface area contributed by atoms with Gasteiger partial charge in [0.2, 0.25) is 0 Å². The normalized spacial score (nSPS) is 13.5. The first-order chi connectivity index (χ1) is 10.2. The number of nitrogens with zero attached hydrogens (tertiary/aromatic N) is 2. The maximum atomic E-state index is 12.2. The first-order valence-electron chi connectivity index (χ1n) is 6.84. The Morgan fingerprint density at radius 3 is 2.52 bits per heavy atom. The zero-order valence-electron chi connectivity index (χ0n) is 11.7. The van der Waals surface area contributed by atoms with E-state index in [-0.39, 0.29) is 24.2 Å². The van der Waals surface area contributed by atoms with Crippen molar-refractivity contribution in [3.05, 3.63) is 59.4 Å². The highest BCUT2D eigenvalue weighted by Crippen LogP contribution is 2.20. The average Bonchev–Trinajstić information content (AvgIpc) is 2.78. The molecule has 2 aromatic rings. The molecule has 0 saturated heterocycles. The van der Waals surface area contributed by atoms with Crippen LogP contribution in [0.3, 0.4) is 0 Å². The van der Waals surface area contributed by atoms with E-state index in [0.29, 0.717) is 5.56 Å². The molecule has 0 unspecified atom stereocenters. The summed E-state index contributed by atoms with van der Waals surface area (Å²) in [6.45, 7) is 2.23. The summed E-state index contributed by atoms with van der Waals surface area (Å²) in [5.41, 5.74) is 2.71. The van der Waals surface area contributed by atoms with Crippen molar-refractivity contribution in [1.29, 1.82) is 0 Å². The number of amides is 2. The average molecular weight is 281 g/mol. The minimum Gasteiger partial charge on any atom is -0.367 e. The van der Waals surface area contributed by atoms with Crippen molar-refractivity contribution in [2.45, 2.75) is 13.3 Å². The molecule has 0 fully saturated rings. The van der Waals surface area contributed by atoms with Crippen LogP contribution in [0.2, 0.25) is 0 Å². The van der Waals surface area contributed by atoms with Crippen molar-refractivity contribution in [2.75, 3.05) is 12.0 Å². The molecule has 1 aliphatic heterocycles. The molecular weight excluding hydrogens is 266 g/mol. The lowest BCUT2D eigenvalue weighted by atomic mass is 10.1. The maximum Gasteiger partial charge on any atom is 0.281 e. The van der Waals surface area contributed by atoms with Crippen LogP contribution in [0.1, 0.15) is 33.3 Å². The van der Waals surface area contributed by atoms with Crippen LogP contribution in [-0.2, 0) is 6.42 Å². The number of nitrogens with one attached hydrogen (secondary N) is 1. The van der Waals surface area contributed by atoms with Crippen LogP contribution in [0.25, 0.3) is 0 Å². The molecule has 1 aromatic heterocycles. The fourth-order valence-corrected chi connectivity index (χ4v) is 2.29. The molecule has 1 aliphatic rings. The number of pyridine rings is 1. The molecule has 3 rings (SSSR count). The van der Waals surface area contributed by atoms with Gasteiger partial charge >= 0.3 is 0 Å². The standard InChI is InChI=1S/C16H15N3O2/c1-2-11-5-7-12(8-6-11)18-10-19-15(20)13-4-3-9-17-14(13)16(19)21/h3-9,18H,2,10H2,1H3. The molecule has 0 radical (unpaired) electrons. The largest absolute Gasteiger partial charge is 0.367 e. The van der Waals surface area contributed by atoms with E-state index in [1.54, 1.807) is 12.1 Å². The second-order valence-electron chi connectivity index (χ2n) is 4.82. The number of hydrogen-bond acceptors (Lipinski definition) is 4. The van der Waals surface area contributed by atoms with Gasteiger partial charge in [0.1, 0.15) is 5.69 Å². The Morgan fingerprint density at radius 2 is 1.86 bits per heavy atom. The minimum absolute atomic E-state index is 0.138. The number of aromatic nitrogens is 1. The van der Waals surface area contributed by atoms with Crippen molar-refractivity contribution < 1.29 is 9.59 Å². The molecule has 0 bridgehead atoms. The fourth-order valence-electron chi connectivity index (χ4n) is 2.29. The zero-order chi connectivity index (χ0) is 14.8. The van der Waals surface area contributed by atoms with Crippen molar-refractivity contribution in [1.82, 2.24) is 9.88 Å². The third-order valence-electron chi connectivity index (χ3n) is 3.53. The molecule has 1 aromatic carbocycles. The van der Waals surface area contributed by atoms with E-state index in [1.165, 1.54) is 16.7 Å². The van der Waals surface area contributed by atoms with E-state index in [1.807, 2.05) is 24.3 Å². The van der Waals surface area contributed by atoms with Crippen LogP contribution < -0.4 is 5.32 Å². The van der Waals surface area contributed by atoms with E-state index in [4.69, 9.17) is 0 Å². The molecular formula is C16H15N3O2. The molecule has 5 heteroatoms. The number of hydrogen-bond donors (Lipinski definition) is 1. The Kier molecular flexibility index (Phi) is 3.39. The highest BCUT2D eigenvalue weighted by Gasteiger charge is 2.36. The quantitative estimate of drug-likeness (QED) is 0.874. The monoisotopic (exact) mass is 281 g/mol. The minimum atomic E-state index is -0.353. The molecule has 2 heterocycles. The SMILES string of the molecule is CCc1ccc(NCN2C(=O)c3cccnc3C2=O)cc1. The summed E-state index contributed by atoms with van der Waals surface area (Å²) in [5, 5.41) is 3.09. The summed E-state index contributed by atoms with van der Waals surface area (Å²) in [6, 6.07) is 11.2. The number of aryl methyl sites for hydroxylation is 1. The highest BCUT2D eigenvalue weighted by atomic mass is 16.2. The molecule has 0 saturated carbocycles. The molecule has 2 amide bonds. The molecule has 5 nitrogen and oxygen atoms in total. The van der Waals surface area contributed by atoms with Gasteiger partial charge in [0.15, 0.2) is 0 Å². The Balaban J connectivity index is 1.72. The fraction of sp³-hybridized carbons (Fsp3) is 0.188. The van der Waals surface area contributed by atoms with Gasteiger partial charge in [-0.05, 0) is 36.2 Å². The van der Waals surface area contributed by atoms with Gasteiger partial charge in [-0.25, -0.2) is 0 Å². The topological polar surface area (TPSA) is 62.3 Å². The number of carbonyl (C=O) groups is 2. The van der Waals surface area contributed by atoms with Crippen LogP contribution in [0, 0.1) is 0 Å². The maximum absolute atomic E-state index is 12.2.